The first-order valence-electron chi connectivity index (χ1n) is 6.15. The van der Waals surface area contributed by atoms with Crippen LogP contribution in [0.2, 0.25) is 0 Å². The van der Waals surface area contributed by atoms with Crippen LogP contribution in [-0.4, -0.2) is 33.4 Å². The van der Waals surface area contributed by atoms with Gasteiger partial charge in [0.15, 0.2) is 0 Å². The molecule has 0 saturated heterocycles. The third-order valence-corrected chi connectivity index (χ3v) is 4.02. The lowest BCUT2D eigenvalue weighted by molar-refractivity contribution is -0.139. The summed E-state index contributed by atoms with van der Waals surface area (Å²) in [6, 6.07) is 7.37. The Morgan fingerprint density at radius 1 is 1.35 bits per heavy atom. The Morgan fingerprint density at radius 3 is 2.85 bits per heavy atom. The van der Waals surface area contributed by atoms with Crippen molar-refractivity contribution < 1.29 is 14.7 Å². The van der Waals surface area contributed by atoms with E-state index in [1.807, 2.05) is 24.3 Å². The number of amides is 1. The number of rotatable bonds is 2. The number of benzene rings is 1. The van der Waals surface area contributed by atoms with Gasteiger partial charge in [-0.25, -0.2) is 4.98 Å². The molecule has 1 amide bonds. The number of aliphatic carboxylic acids is 1. The van der Waals surface area contributed by atoms with Crippen molar-refractivity contribution >= 4 is 23.2 Å². The van der Waals surface area contributed by atoms with E-state index < -0.39 is 11.9 Å². The van der Waals surface area contributed by atoms with E-state index in [9.17, 15) is 14.7 Å². The van der Waals surface area contributed by atoms with Gasteiger partial charge >= 0.3 is 5.97 Å². The minimum atomic E-state index is -0.909. The number of carboxylic acid groups (broad SMARTS) is 1. The van der Waals surface area contributed by atoms with E-state index in [-0.39, 0.29) is 12.5 Å². The smallest absolute Gasteiger partial charge is 0.312 e. The SMILES string of the molecule is O=C(O)C1CN(C(=O)c2cscn2)Cc2ccccc21. The second-order valence-corrected chi connectivity index (χ2v) is 5.37. The Balaban J connectivity index is 1.94. The molecule has 3 rings (SSSR count). The summed E-state index contributed by atoms with van der Waals surface area (Å²) in [4.78, 5) is 29.3. The van der Waals surface area contributed by atoms with Gasteiger partial charge < -0.3 is 10.0 Å². The van der Waals surface area contributed by atoms with Gasteiger partial charge in [-0.2, -0.15) is 0 Å². The van der Waals surface area contributed by atoms with Gasteiger partial charge in [-0.05, 0) is 11.1 Å². The summed E-state index contributed by atoms with van der Waals surface area (Å²) >= 11 is 1.35. The molecule has 20 heavy (non-hydrogen) atoms. The average molecular weight is 288 g/mol. The lowest BCUT2D eigenvalue weighted by atomic mass is 9.89. The topological polar surface area (TPSA) is 70.5 Å². The molecule has 1 aliphatic heterocycles. The van der Waals surface area contributed by atoms with E-state index in [1.54, 1.807) is 15.8 Å². The first kappa shape index (κ1) is 12.8. The molecule has 1 aromatic carbocycles. The van der Waals surface area contributed by atoms with Gasteiger partial charge in [-0.3, -0.25) is 9.59 Å². The molecule has 2 heterocycles. The van der Waals surface area contributed by atoms with E-state index in [4.69, 9.17) is 0 Å². The summed E-state index contributed by atoms with van der Waals surface area (Å²) in [7, 11) is 0. The molecule has 2 aromatic rings. The molecule has 1 N–H and O–H groups in total. The predicted molar refractivity (Wildman–Crippen MR) is 73.7 cm³/mol. The summed E-state index contributed by atoms with van der Waals surface area (Å²) in [5.41, 5.74) is 3.65. The number of hydrogen-bond donors (Lipinski definition) is 1. The van der Waals surface area contributed by atoms with Gasteiger partial charge in [-0.15, -0.1) is 11.3 Å². The van der Waals surface area contributed by atoms with Gasteiger partial charge in [0.1, 0.15) is 5.69 Å². The second-order valence-electron chi connectivity index (χ2n) is 4.65. The predicted octanol–water partition coefficient (Wildman–Crippen LogP) is 1.97. The van der Waals surface area contributed by atoms with Crippen LogP contribution in [-0.2, 0) is 11.3 Å². The lowest BCUT2D eigenvalue weighted by Crippen LogP contribution is -2.40. The van der Waals surface area contributed by atoms with Crippen LogP contribution in [0.1, 0.15) is 27.5 Å². The molecule has 1 aromatic heterocycles. The highest BCUT2D eigenvalue weighted by molar-refractivity contribution is 7.07. The van der Waals surface area contributed by atoms with Gasteiger partial charge in [-0.1, -0.05) is 24.3 Å². The summed E-state index contributed by atoms with van der Waals surface area (Å²) in [5.74, 6) is -1.80. The fraction of sp³-hybridized carbons (Fsp3) is 0.214. The molecule has 0 bridgehead atoms. The molecule has 1 atom stereocenters. The number of carbonyl (C=O) groups excluding carboxylic acids is 1. The van der Waals surface area contributed by atoms with Crippen molar-refractivity contribution in [1.82, 2.24) is 9.88 Å². The molecular formula is C14H12N2O3S. The van der Waals surface area contributed by atoms with Crippen LogP contribution in [0, 0.1) is 0 Å². The van der Waals surface area contributed by atoms with Crippen molar-refractivity contribution in [3.05, 3.63) is 52.0 Å². The number of hydrogen-bond acceptors (Lipinski definition) is 4. The van der Waals surface area contributed by atoms with Crippen LogP contribution >= 0.6 is 11.3 Å². The standard InChI is InChI=1S/C14H12N2O3S/c17-13(12-7-20-8-15-12)16-5-9-3-1-2-4-10(9)11(6-16)14(18)19/h1-4,7-8,11H,5-6H2,(H,18,19). The molecule has 6 heteroatoms. The van der Waals surface area contributed by atoms with Gasteiger partial charge in [0.2, 0.25) is 0 Å². The van der Waals surface area contributed by atoms with Gasteiger partial charge in [0.25, 0.3) is 5.91 Å². The summed E-state index contributed by atoms with van der Waals surface area (Å²) in [5, 5.41) is 11.0. The zero-order valence-corrected chi connectivity index (χ0v) is 11.3. The van der Waals surface area contributed by atoms with E-state index in [0.29, 0.717) is 12.2 Å². The van der Waals surface area contributed by atoms with Crippen LogP contribution < -0.4 is 0 Å². The Bertz CT molecular complexity index is 654. The second kappa shape index (κ2) is 5.05. The first-order chi connectivity index (χ1) is 9.66. The molecule has 0 spiro atoms. The number of nitrogens with zero attached hydrogens (tertiary/aromatic N) is 2. The number of carbonyl (C=O) groups is 2. The van der Waals surface area contributed by atoms with Crippen molar-refractivity contribution in [3.63, 3.8) is 0 Å². The zero-order chi connectivity index (χ0) is 14.1. The third kappa shape index (κ3) is 2.18. The minimum Gasteiger partial charge on any atom is -0.481 e. The van der Waals surface area contributed by atoms with Crippen molar-refractivity contribution in [3.8, 4) is 0 Å². The van der Waals surface area contributed by atoms with Crippen molar-refractivity contribution in [1.29, 1.82) is 0 Å². The van der Waals surface area contributed by atoms with Gasteiger partial charge in [0, 0.05) is 18.5 Å². The number of carboxylic acids is 1. The maximum atomic E-state index is 12.3. The lowest BCUT2D eigenvalue weighted by Gasteiger charge is -2.32. The van der Waals surface area contributed by atoms with Gasteiger partial charge in [0.05, 0.1) is 11.4 Å². The molecule has 102 valence electrons. The van der Waals surface area contributed by atoms with E-state index in [0.717, 1.165) is 11.1 Å². The highest BCUT2D eigenvalue weighted by Gasteiger charge is 2.33. The molecule has 1 unspecified atom stereocenters. The Kier molecular flexibility index (Phi) is 3.23. The van der Waals surface area contributed by atoms with Crippen LogP contribution in [0.3, 0.4) is 0 Å². The average Bonchev–Trinajstić information content (AvgIpc) is 2.99. The Hall–Kier alpha value is -2.21. The molecule has 0 aliphatic carbocycles. The third-order valence-electron chi connectivity index (χ3n) is 3.43. The summed E-state index contributed by atoms with van der Waals surface area (Å²) in [6.45, 7) is 0.610. The number of fused-ring (bicyclic) bond motifs is 1. The van der Waals surface area contributed by atoms with Crippen molar-refractivity contribution in [2.75, 3.05) is 6.54 Å². The van der Waals surface area contributed by atoms with Crippen LogP contribution in [0.25, 0.3) is 0 Å². The molecular weight excluding hydrogens is 276 g/mol. The number of thiazole rings is 1. The van der Waals surface area contributed by atoms with E-state index in [1.165, 1.54) is 11.3 Å². The van der Waals surface area contributed by atoms with Crippen molar-refractivity contribution in [2.24, 2.45) is 0 Å². The maximum Gasteiger partial charge on any atom is 0.312 e. The molecule has 5 nitrogen and oxygen atoms in total. The van der Waals surface area contributed by atoms with Crippen LogP contribution in [0.5, 0.6) is 0 Å². The maximum absolute atomic E-state index is 12.3. The van der Waals surface area contributed by atoms with E-state index in [2.05, 4.69) is 4.98 Å². The van der Waals surface area contributed by atoms with E-state index >= 15 is 0 Å². The summed E-state index contributed by atoms with van der Waals surface area (Å²) in [6.07, 6.45) is 0. The first-order valence-corrected chi connectivity index (χ1v) is 7.09. The summed E-state index contributed by atoms with van der Waals surface area (Å²) < 4.78 is 0. The normalized spacial score (nSPS) is 17.6. The molecule has 0 radical (unpaired) electrons. The number of aromatic nitrogens is 1. The Morgan fingerprint density at radius 2 is 2.15 bits per heavy atom. The largest absolute Gasteiger partial charge is 0.481 e. The monoisotopic (exact) mass is 288 g/mol. The highest BCUT2D eigenvalue weighted by atomic mass is 32.1. The van der Waals surface area contributed by atoms with Crippen LogP contribution in [0.4, 0.5) is 0 Å². The minimum absolute atomic E-state index is 0.183. The molecule has 0 fully saturated rings. The van der Waals surface area contributed by atoms with Crippen molar-refractivity contribution in [2.45, 2.75) is 12.5 Å². The quantitative estimate of drug-likeness (QED) is 0.917. The highest BCUT2D eigenvalue weighted by Crippen LogP contribution is 2.29. The Labute approximate surface area is 119 Å². The zero-order valence-electron chi connectivity index (χ0n) is 10.5. The fourth-order valence-electron chi connectivity index (χ4n) is 2.45. The molecule has 1 aliphatic rings. The van der Waals surface area contributed by atoms with Crippen LogP contribution in [0.15, 0.2) is 35.2 Å². The fourth-order valence-corrected chi connectivity index (χ4v) is 2.98. The molecule has 0 saturated carbocycles.